The Morgan fingerprint density at radius 3 is 2.29 bits per heavy atom. The molecule has 0 radical (unpaired) electrons. The molecule has 0 aromatic heterocycles. The van der Waals surface area contributed by atoms with Crippen molar-refractivity contribution in [3.05, 3.63) is 0 Å². The first-order valence-corrected chi connectivity index (χ1v) is 8.29. The summed E-state index contributed by atoms with van der Waals surface area (Å²) in [4.78, 5) is 0. The standard InChI is InChI=1S/C15H33NS/c1-7-11-16-14(9-10-15(4,5)6)12-17-13(3)8-2/h13-14,16H,7-12H2,1-6H3. The topological polar surface area (TPSA) is 12.0 Å². The van der Waals surface area contributed by atoms with Gasteiger partial charge in [0.2, 0.25) is 0 Å². The highest BCUT2D eigenvalue weighted by Crippen LogP contribution is 2.23. The van der Waals surface area contributed by atoms with Crippen molar-refractivity contribution < 1.29 is 0 Å². The predicted octanol–water partition coefficient (Wildman–Crippen LogP) is 4.71. The largest absolute Gasteiger partial charge is 0.313 e. The molecule has 0 spiro atoms. The van der Waals surface area contributed by atoms with Gasteiger partial charge >= 0.3 is 0 Å². The molecule has 0 amide bonds. The van der Waals surface area contributed by atoms with E-state index in [1.807, 2.05) is 0 Å². The molecule has 0 rings (SSSR count). The summed E-state index contributed by atoms with van der Waals surface area (Å²) in [6.07, 6.45) is 5.15. The summed E-state index contributed by atoms with van der Waals surface area (Å²) < 4.78 is 0. The molecule has 17 heavy (non-hydrogen) atoms. The van der Waals surface area contributed by atoms with Crippen LogP contribution < -0.4 is 5.32 Å². The van der Waals surface area contributed by atoms with Crippen LogP contribution in [0.15, 0.2) is 0 Å². The molecule has 0 heterocycles. The summed E-state index contributed by atoms with van der Waals surface area (Å²) >= 11 is 2.12. The van der Waals surface area contributed by atoms with Gasteiger partial charge in [0.15, 0.2) is 0 Å². The highest BCUT2D eigenvalue weighted by atomic mass is 32.2. The van der Waals surface area contributed by atoms with Crippen molar-refractivity contribution in [2.45, 2.75) is 78.5 Å². The zero-order chi connectivity index (χ0) is 13.3. The van der Waals surface area contributed by atoms with E-state index in [1.54, 1.807) is 0 Å². The summed E-state index contributed by atoms with van der Waals surface area (Å²) in [6.45, 7) is 15.0. The second-order valence-electron chi connectivity index (χ2n) is 6.30. The van der Waals surface area contributed by atoms with Crippen molar-refractivity contribution >= 4 is 11.8 Å². The molecule has 1 N–H and O–H groups in total. The molecule has 1 nitrogen and oxygen atoms in total. The maximum absolute atomic E-state index is 3.70. The normalized spacial score (nSPS) is 15.9. The first-order valence-electron chi connectivity index (χ1n) is 7.24. The van der Waals surface area contributed by atoms with Crippen molar-refractivity contribution in [2.75, 3.05) is 12.3 Å². The van der Waals surface area contributed by atoms with Gasteiger partial charge in [0, 0.05) is 17.0 Å². The SMILES string of the molecule is CCCNC(CCC(C)(C)C)CSC(C)CC. The third kappa shape index (κ3) is 11.1. The molecule has 104 valence electrons. The van der Waals surface area contributed by atoms with Crippen LogP contribution in [0.4, 0.5) is 0 Å². The highest BCUT2D eigenvalue weighted by molar-refractivity contribution is 7.99. The quantitative estimate of drug-likeness (QED) is 0.643. The van der Waals surface area contributed by atoms with E-state index in [2.05, 4.69) is 58.6 Å². The average Bonchev–Trinajstić information content (AvgIpc) is 2.26. The van der Waals surface area contributed by atoms with E-state index in [9.17, 15) is 0 Å². The van der Waals surface area contributed by atoms with E-state index in [1.165, 1.54) is 31.4 Å². The van der Waals surface area contributed by atoms with Crippen LogP contribution in [-0.4, -0.2) is 23.6 Å². The van der Waals surface area contributed by atoms with E-state index in [0.29, 0.717) is 11.5 Å². The number of rotatable bonds is 9. The fourth-order valence-electron chi connectivity index (χ4n) is 1.60. The Hall–Kier alpha value is 0.310. The molecule has 0 aromatic carbocycles. The Morgan fingerprint density at radius 2 is 1.82 bits per heavy atom. The molecular formula is C15H33NS. The van der Waals surface area contributed by atoms with Gasteiger partial charge in [-0.25, -0.2) is 0 Å². The van der Waals surface area contributed by atoms with Gasteiger partial charge in [0.05, 0.1) is 0 Å². The highest BCUT2D eigenvalue weighted by Gasteiger charge is 2.15. The molecular weight excluding hydrogens is 226 g/mol. The number of hydrogen-bond acceptors (Lipinski definition) is 2. The maximum Gasteiger partial charge on any atom is 0.0158 e. The molecule has 0 aliphatic rings. The first kappa shape index (κ1) is 17.3. The van der Waals surface area contributed by atoms with Gasteiger partial charge in [-0.3, -0.25) is 0 Å². The minimum atomic E-state index is 0.465. The van der Waals surface area contributed by atoms with Gasteiger partial charge in [-0.2, -0.15) is 11.8 Å². The lowest BCUT2D eigenvalue weighted by Gasteiger charge is -2.24. The van der Waals surface area contributed by atoms with Gasteiger partial charge < -0.3 is 5.32 Å². The third-order valence-corrected chi connectivity index (χ3v) is 4.58. The van der Waals surface area contributed by atoms with Crippen molar-refractivity contribution in [3.63, 3.8) is 0 Å². The van der Waals surface area contributed by atoms with Gasteiger partial charge in [0.25, 0.3) is 0 Å². The minimum Gasteiger partial charge on any atom is -0.313 e. The predicted molar refractivity (Wildman–Crippen MR) is 83.0 cm³/mol. The molecule has 0 saturated heterocycles. The van der Waals surface area contributed by atoms with Crippen LogP contribution in [0.5, 0.6) is 0 Å². The van der Waals surface area contributed by atoms with Crippen molar-refractivity contribution in [2.24, 2.45) is 5.41 Å². The van der Waals surface area contributed by atoms with Crippen LogP contribution >= 0.6 is 11.8 Å². The van der Waals surface area contributed by atoms with Crippen molar-refractivity contribution in [1.29, 1.82) is 0 Å². The minimum absolute atomic E-state index is 0.465. The van der Waals surface area contributed by atoms with Crippen LogP contribution in [0.25, 0.3) is 0 Å². The van der Waals surface area contributed by atoms with E-state index in [-0.39, 0.29) is 0 Å². The molecule has 0 aromatic rings. The van der Waals surface area contributed by atoms with Gasteiger partial charge in [-0.15, -0.1) is 0 Å². The monoisotopic (exact) mass is 259 g/mol. The molecule has 2 unspecified atom stereocenters. The van der Waals surface area contributed by atoms with Crippen LogP contribution in [0.2, 0.25) is 0 Å². The van der Waals surface area contributed by atoms with Crippen LogP contribution in [-0.2, 0) is 0 Å². The van der Waals surface area contributed by atoms with E-state index in [4.69, 9.17) is 0 Å². The number of hydrogen-bond donors (Lipinski definition) is 1. The lowest BCUT2D eigenvalue weighted by Crippen LogP contribution is -2.33. The van der Waals surface area contributed by atoms with Crippen molar-refractivity contribution in [1.82, 2.24) is 5.32 Å². The lowest BCUT2D eigenvalue weighted by molar-refractivity contribution is 0.338. The zero-order valence-corrected chi connectivity index (χ0v) is 13.6. The Morgan fingerprint density at radius 1 is 1.18 bits per heavy atom. The molecule has 0 aliphatic heterocycles. The zero-order valence-electron chi connectivity index (χ0n) is 12.8. The van der Waals surface area contributed by atoms with Gasteiger partial charge in [-0.1, -0.05) is 41.5 Å². The summed E-state index contributed by atoms with van der Waals surface area (Å²) in [5.74, 6) is 1.27. The van der Waals surface area contributed by atoms with Crippen LogP contribution in [0, 0.1) is 5.41 Å². The van der Waals surface area contributed by atoms with Gasteiger partial charge in [0.1, 0.15) is 0 Å². The molecule has 0 saturated carbocycles. The fraction of sp³-hybridized carbons (Fsp3) is 1.00. The van der Waals surface area contributed by atoms with Crippen LogP contribution in [0.1, 0.15) is 67.2 Å². The fourth-order valence-corrected chi connectivity index (χ4v) is 2.68. The Bertz CT molecular complexity index is 174. The molecule has 0 aliphatic carbocycles. The summed E-state index contributed by atoms with van der Waals surface area (Å²) in [6, 6.07) is 0.702. The second kappa shape index (κ2) is 9.27. The Kier molecular flexibility index (Phi) is 9.44. The van der Waals surface area contributed by atoms with Crippen molar-refractivity contribution in [3.8, 4) is 0 Å². The Balaban J connectivity index is 3.95. The summed E-state index contributed by atoms with van der Waals surface area (Å²) in [5, 5.41) is 4.50. The number of nitrogens with one attached hydrogen (secondary N) is 1. The molecule has 2 heteroatoms. The maximum atomic E-state index is 3.70. The van der Waals surface area contributed by atoms with Gasteiger partial charge in [-0.05, 0) is 37.6 Å². The summed E-state index contributed by atoms with van der Waals surface area (Å²) in [5.41, 5.74) is 0.465. The smallest absolute Gasteiger partial charge is 0.0158 e. The Labute approximate surface area is 114 Å². The second-order valence-corrected chi connectivity index (χ2v) is 7.77. The van der Waals surface area contributed by atoms with E-state index < -0.39 is 0 Å². The number of thioether (sulfide) groups is 1. The lowest BCUT2D eigenvalue weighted by atomic mass is 9.89. The van der Waals surface area contributed by atoms with E-state index >= 15 is 0 Å². The first-order chi connectivity index (χ1) is 7.89. The molecule has 2 atom stereocenters. The van der Waals surface area contributed by atoms with E-state index in [0.717, 1.165) is 11.8 Å². The summed E-state index contributed by atoms with van der Waals surface area (Å²) in [7, 11) is 0. The molecule has 0 bridgehead atoms. The molecule has 0 fully saturated rings. The average molecular weight is 260 g/mol. The van der Waals surface area contributed by atoms with Crippen LogP contribution in [0.3, 0.4) is 0 Å². The third-order valence-electron chi connectivity index (χ3n) is 3.08.